The molecule has 1 aromatic carbocycles. The van der Waals surface area contributed by atoms with Crippen LogP contribution >= 0.6 is 0 Å². The summed E-state index contributed by atoms with van der Waals surface area (Å²) in [5.41, 5.74) is 2.88. The van der Waals surface area contributed by atoms with Gasteiger partial charge in [0, 0.05) is 6.04 Å². The number of nitrogens with one attached hydrogen (secondary N) is 1. The van der Waals surface area contributed by atoms with Crippen LogP contribution in [0, 0.1) is 12.8 Å². The van der Waals surface area contributed by atoms with Gasteiger partial charge in [0.15, 0.2) is 0 Å². The number of hydrogen-bond donors (Lipinski definition) is 1. The van der Waals surface area contributed by atoms with E-state index in [-0.39, 0.29) is 0 Å². The first kappa shape index (κ1) is 14.6. The molecule has 0 saturated heterocycles. The molecule has 0 amide bonds. The predicted molar refractivity (Wildman–Crippen MR) is 83.5 cm³/mol. The van der Waals surface area contributed by atoms with Gasteiger partial charge in [-0.3, -0.25) is 0 Å². The van der Waals surface area contributed by atoms with Gasteiger partial charge in [-0.05, 0) is 44.2 Å². The molecule has 0 bridgehead atoms. The molecule has 0 spiro atoms. The zero-order valence-electron chi connectivity index (χ0n) is 12.6. The SMILES string of the molecule is CCNC(Cc1cccc(C)c1)C1CCCCCC1. The quantitative estimate of drug-likeness (QED) is 0.768. The highest BCUT2D eigenvalue weighted by molar-refractivity contribution is 5.23. The van der Waals surface area contributed by atoms with Gasteiger partial charge in [0.25, 0.3) is 0 Å². The van der Waals surface area contributed by atoms with Gasteiger partial charge in [-0.15, -0.1) is 0 Å². The molecule has 0 heterocycles. The van der Waals surface area contributed by atoms with Crippen molar-refractivity contribution in [3.8, 4) is 0 Å². The second kappa shape index (κ2) is 7.69. The summed E-state index contributed by atoms with van der Waals surface area (Å²) in [7, 11) is 0. The van der Waals surface area contributed by atoms with E-state index in [0.29, 0.717) is 6.04 Å². The number of hydrogen-bond acceptors (Lipinski definition) is 1. The molecule has 1 unspecified atom stereocenters. The van der Waals surface area contributed by atoms with Gasteiger partial charge in [0.05, 0.1) is 0 Å². The van der Waals surface area contributed by atoms with Crippen LogP contribution in [0.3, 0.4) is 0 Å². The molecule has 1 fully saturated rings. The fourth-order valence-corrected chi connectivity index (χ4v) is 3.47. The van der Waals surface area contributed by atoms with E-state index >= 15 is 0 Å². The Morgan fingerprint density at radius 2 is 1.89 bits per heavy atom. The average Bonchev–Trinajstić information content (AvgIpc) is 2.67. The fraction of sp³-hybridized carbons (Fsp3) is 0.667. The van der Waals surface area contributed by atoms with Crippen LogP contribution in [0.2, 0.25) is 0 Å². The largest absolute Gasteiger partial charge is 0.314 e. The Balaban J connectivity index is 2.02. The lowest BCUT2D eigenvalue weighted by atomic mass is 9.87. The highest BCUT2D eigenvalue weighted by Crippen LogP contribution is 2.27. The van der Waals surface area contributed by atoms with Gasteiger partial charge in [-0.25, -0.2) is 0 Å². The van der Waals surface area contributed by atoms with E-state index in [4.69, 9.17) is 0 Å². The topological polar surface area (TPSA) is 12.0 Å². The lowest BCUT2D eigenvalue weighted by molar-refractivity contribution is 0.321. The van der Waals surface area contributed by atoms with E-state index in [0.717, 1.165) is 12.5 Å². The number of likely N-dealkylation sites (N-methyl/N-ethyl adjacent to an activating group) is 1. The Hall–Kier alpha value is -0.820. The van der Waals surface area contributed by atoms with Crippen LogP contribution in [0.15, 0.2) is 24.3 Å². The summed E-state index contributed by atoms with van der Waals surface area (Å²) in [6.45, 7) is 5.52. The molecule has 1 heteroatoms. The molecule has 19 heavy (non-hydrogen) atoms. The van der Waals surface area contributed by atoms with Crippen LogP contribution in [0.4, 0.5) is 0 Å². The molecule has 1 atom stereocenters. The highest BCUT2D eigenvalue weighted by Gasteiger charge is 2.22. The van der Waals surface area contributed by atoms with Crippen molar-refractivity contribution in [1.82, 2.24) is 5.32 Å². The first-order chi connectivity index (χ1) is 9.29. The Morgan fingerprint density at radius 1 is 1.16 bits per heavy atom. The first-order valence-electron chi connectivity index (χ1n) is 8.08. The lowest BCUT2D eigenvalue weighted by Crippen LogP contribution is -2.38. The summed E-state index contributed by atoms with van der Waals surface area (Å²) < 4.78 is 0. The predicted octanol–water partition coefficient (Wildman–Crippen LogP) is 4.49. The van der Waals surface area contributed by atoms with Crippen LogP contribution in [-0.2, 0) is 6.42 Å². The molecule has 106 valence electrons. The summed E-state index contributed by atoms with van der Waals surface area (Å²) in [4.78, 5) is 0. The minimum atomic E-state index is 0.671. The molecule has 1 N–H and O–H groups in total. The first-order valence-corrected chi connectivity index (χ1v) is 8.08. The molecular weight excluding hydrogens is 230 g/mol. The van der Waals surface area contributed by atoms with Crippen molar-refractivity contribution in [3.63, 3.8) is 0 Å². The van der Waals surface area contributed by atoms with Crippen molar-refractivity contribution in [3.05, 3.63) is 35.4 Å². The summed E-state index contributed by atoms with van der Waals surface area (Å²) in [5, 5.41) is 3.75. The van der Waals surface area contributed by atoms with Gasteiger partial charge in [-0.1, -0.05) is 62.4 Å². The molecule has 0 aliphatic heterocycles. The molecule has 0 radical (unpaired) electrons. The van der Waals surface area contributed by atoms with Gasteiger partial charge < -0.3 is 5.32 Å². The maximum absolute atomic E-state index is 3.75. The fourth-order valence-electron chi connectivity index (χ4n) is 3.47. The molecule has 1 aliphatic carbocycles. The van der Waals surface area contributed by atoms with Gasteiger partial charge in [-0.2, -0.15) is 0 Å². The maximum atomic E-state index is 3.75. The molecule has 1 nitrogen and oxygen atoms in total. The number of rotatable bonds is 5. The second-order valence-corrected chi connectivity index (χ2v) is 6.11. The number of benzene rings is 1. The van der Waals surface area contributed by atoms with Crippen molar-refractivity contribution in [2.45, 2.75) is 64.8 Å². The van der Waals surface area contributed by atoms with Crippen molar-refractivity contribution in [1.29, 1.82) is 0 Å². The van der Waals surface area contributed by atoms with Crippen molar-refractivity contribution < 1.29 is 0 Å². The Kier molecular flexibility index (Phi) is 5.91. The van der Waals surface area contributed by atoms with Crippen LogP contribution < -0.4 is 5.32 Å². The van der Waals surface area contributed by atoms with Crippen molar-refractivity contribution >= 4 is 0 Å². The zero-order chi connectivity index (χ0) is 13.5. The molecule has 1 aromatic rings. The Labute approximate surface area is 118 Å². The summed E-state index contributed by atoms with van der Waals surface area (Å²) in [6.07, 6.45) is 9.79. The van der Waals surface area contributed by atoms with Gasteiger partial charge in [0.2, 0.25) is 0 Å². The monoisotopic (exact) mass is 259 g/mol. The second-order valence-electron chi connectivity index (χ2n) is 6.11. The molecule has 2 rings (SSSR count). The molecule has 1 saturated carbocycles. The third kappa shape index (κ3) is 4.65. The van der Waals surface area contributed by atoms with Crippen molar-refractivity contribution in [2.75, 3.05) is 6.54 Å². The van der Waals surface area contributed by atoms with Gasteiger partial charge >= 0.3 is 0 Å². The smallest absolute Gasteiger partial charge is 0.0136 e. The lowest BCUT2D eigenvalue weighted by Gasteiger charge is -2.27. The summed E-state index contributed by atoms with van der Waals surface area (Å²) >= 11 is 0. The van der Waals surface area contributed by atoms with E-state index in [2.05, 4.69) is 43.4 Å². The van der Waals surface area contributed by atoms with E-state index in [1.165, 1.54) is 56.1 Å². The Morgan fingerprint density at radius 3 is 2.53 bits per heavy atom. The van der Waals surface area contributed by atoms with E-state index in [1.54, 1.807) is 0 Å². The minimum absolute atomic E-state index is 0.671. The van der Waals surface area contributed by atoms with Crippen LogP contribution in [-0.4, -0.2) is 12.6 Å². The molecular formula is C18H29N. The van der Waals surface area contributed by atoms with Crippen LogP contribution in [0.25, 0.3) is 0 Å². The maximum Gasteiger partial charge on any atom is 0.0136 e. The highest BCUT2D eigenvalue weighted by atomic mass is 14.9. The standard InChI is InChI=1S/C18H29N/c1-3-19-18(17-11-6-4-5-7-12-17)14-16-10-8-9-15(2)13-16/h8-10,13,17-19H,3-7,11-12,14H2,1-2H3. The van der Waals surface area contributed by atoms with Crippen LogP contribution in [0.5, 0.6) is 0 Å². The third-order valence-electron chi connectivity index (χ3n) is 4.47. The van der Waals surface area contributed by atoms with E-state index in [9.17, 15) is 0 Å². The Bertz CT molecular complexity index is 364. The molecule has 1 aliphatic rings. The number of aryl methyl sites for hydroxylation is 1. The normalized spacial score (nSPS) is 19.1. The summed E-state index contributed by atoms with van der Waals surface area (Å²) in [5.74, 6) is 0.878. The van der Waals surface area contributed by atoms with E-state index < -0.39 is 0 Å². The molecule has 0 aromatic heterocycles. The minimum Gasteiger partial charge on any atom is -0.314 e. The van der Waals surface area contributed by atoms with E-state index in [1.807, 2.05) is 0 Å². The van der Waals surface area contributed by atoms with Gasteiger partial charge in [0.1, 0.15) is 0 Å². The van der Waals surface area contributed by atoms with Crippen LogP contribution in [0.1, 0.15) is 56.6 Å². The summed E-state index contributed by atoms with van der Waals surface area (Å²) in [6, 6.07) is 9.69. The third-order valence-corrected chi connectivity index (χ3v) is 4.47. The van der Waals surface area contributed by atoms with Crippen molar-refractivity contribution in [2.24, 2.45) is 5.92 Å². The average molecular weight is 259 g/mol. The zero-order valence-corrected chi connectivity index (χ0v) is 12.6.